The average Bonchev–Trinajstić information content (AvgIpc) is 2.47. The summed E-state index contributed by atoms with van der Waals surface area (Å²) in [5, 5.41) is 2.46. The molecule has 4 heteroatoms. The summed E-state index contributed by atoms with van der Waals surface area (Å²) in [6, 6.07) is 11.2. The van der Waals surface area contributed by atoms with Gasteiger partial charge in [0.15, 0.2) is 6.10 Å². The number of benzene rings is 2. The number of carbonyl (C=O) groups is 1. The van der Waals surface area contributed by atoms with Gasteiger partial charge in [-0.2, -0.15) is 0 Å². The van der Waals surface area contributed by atoms with E-state index in [1.807, 2.05) is 31.2 Å². The zero-order chi connectivity index (χ0) is 14.5. The highest BCUT2D eigenvalue weighted by molar-refractivity contribution is 6.35. The Labute approximate surface area is 123 Å². The van der Waals surface area contributed by atoms with Gasteiger partial charge >= 0.3 is 5.97 Å². The summed E-state index contributed by atoms with van der Waals surface area (Å²) in [6.45, 7) is 4.02. The standard InChI is InChI=1S/C16H17ClO3/c1-3-14(16(18)19-4-2)20-15-10-9-13(17)11-7-5-6-8-12(11)15/h5-10,14H,3-4H2,1-2H3. The van der Waals surface area contributed by atoms with Crippen LogP contribution in [-0.4, -0.2) is 18.7 Å². The number of hydrogen-bond donors (Lipinski definition) is 0. The Morgan fingerprint density at radius 3 is 2.50 bits per heavy atom. The molecular formula is C16H17ClO3. The first-order valence-corrected chi connectivity index (χ1v) is 7.05. The Balaban J connectivity index is 2.33. The van der Waals surface area contributed by atoms with Gasteiger partial charge in [0.05, 0.1) is 6.61 Å². The van der Waals surface area contributed by atoms with E-state index in [0.717, 1.165) is 10.8 Å². The van der Waals surface area contributed by atoms with Crippen LogP contribution in [0.5, 0.6) is 5.75 Å². The normalized spacial score (nSPS) is 12.2. The number of ether oxygens (including phenoxy) is 2. The summed E-state index contributed by atoms with van der Waals surface area (Å²) in [5.74, 6) is 0.305. The summed E-state index contributed by atoms with van der Waals surface area (Å²) in [5.41, 5.74) is 0. The second kappa shape index (κ2) is 6.62. The van der Waals surface area contributed by atoms with Crippen molar-refractivity contribution in [3.05, 3.63) is 41.4 Å². The van der Waals surface area contributed by atoms with Crippen LogP contribution in [0.2, 0.25) is 5.02 Å². The monoisotopic (exact) mass is 292 g/mol. The average molecular weight is 293 g/mol. The van der Waals surface area contributed by atoms with E-state index in [4.69, 9.17) is 21.1 Å². The van der Waals surface area contributed by atoms with E-state index < -0.39 is 6.10 Å². The van der Waals surface area contributed by atoms with Gasteiger partial charge in [-0.25, -0.2) is 4.79 Å². The summed E-state index contributed by atoms with van der Waals surface area (Å²) >= 11 is 6.16. The highest BCUT2D eigenvalue weighted by Gasteiger charge is 2.20. The third-order valence-corrected chi connectivity index (χ3v) is 3.35. The Hall–Kier alpha value is -1.74. The van der Waals surface area contributed by atoms with E-state index in [0.29, 0.717) is 23.8 Å². The van der Waals surface area contributed by atoms with Crippen LogP contribution in [0.1, 0.15) is 20.3 Å². The van der Waals surface area contributed by atoms with E-state index in [9.17, 15) is 4.79 Å². The molecule has 0 aliphatic carbocycles. The van der Waals surface area contributed by atoms with Gasteiger partial charge in [0.1, 0.15) is 5.75 Å². The second-order valence-corrected chi connectivity index (χ2v) is 4.77. The van der Waals surface area contributed by atoms with Crippen LogP contribution in [0.3, 0.4) is 0 Å². The minimum absolute atomic E-state index is 0.339. The summed E-state index contributed by atoms with van der Waals surface area (Å²) in [4.78, 5) is 11.8. The van der Waals surface area contributed by atoms with Crippen LogP contribution in [0.4, 0.5) is 0 Å². The molecule has 106 valence electrons. The Morgan fingerprint density at radius 2 is 1.85 bits per heavy atom. The van der Waals surface area contributed by atoms with Gasteiger partial charge in [0.2, 0.25) is 0 Å². The fraction of sp³-hybridized carbons (Fsp3) is 0.312. The first kappa shape index (κ1) is 14.7. The van der Waals surface area contributed by atoms with Crippen molar-refractivity contribution in [2.24, 2.45) is 0 Å². The molecule has 1 unspecified atom stereocenters. The van der Waals surface area contributed by atoms with Crippen molar-refractivity contribution in [1.82, 2.24) is 0 Å². The maximum Gasteiger partial charge on any atom is 0.347 e. The van der Waals surface area contributed by atoms with E-state index in [1.165, 1.54) is 0 Å². The van der Waals surface area contributed by atoms with E-state index in [1.54, 1.807) is 19.1 Å². The molecule has 0 radical (unpaired) electrons. The largest absolute Gasteiger partial charge is 0.478 e. The molecule has 3 nitrogen and oxygen atoms in total. The van der Waals surface area contributed by atoms with E-state index in [2.05, 4.69) is 0 Å². The van der Waals surface area contributed by atoms with Crippen molar-refractivity contribution in [1.29, 1.82) is 0 Å². The zero-order valence-electron chi connectivity index (χ0n) is 11.6. The highest BCUT2D eigenvalue weighted by atomic mass is 35.5. The minimum atomic E-state index is -0.598. The molecule has 0 aromatic heterocycles. The van der Waals surface area contributed by atoms with Gasteiger partial charge in [-0.15, -0.1) is 0 Å². The minimum Gasteiger partial charge on any atom is -0.478 e. The lowest BCUT2D eigenvalue weighted by Gasteiger charge is -2.17. The maximum absolute atomic E-state index is 11.8. The van der Waals surface area contributed by atoms with E-state index >= 15 is 0 Å². The molecule has 0 heterocycles. The topological polar surface area (TPSA) is 35.5 Å². The molecule has 0 saturated heterocycles. The van der Waals surface area contributed by atoms with Gasteiger partial charge in [-0.3, -0.25) is 0 Å². The van der Waals surface area contributed by atoms with Crippen molar-refractivity contribution in [3.8, 4) is 5.75 Å². The third-order valence-electron chi connectivity index (χ3n) is 3.02. The molecule has 0 spiro atoms. The molecule has 0 fully saturated rings. The van der Waals surface area contributed by atoms with Crippen molar-refractivity contribution < 1.29 is 14.3 Å². The molecule has 2 rings (SSSR count). The molecule has 2 aromatic carbocycles. The lowest BCUT2D eigenvalue weighted by atomic mass is 10.1. The lowest BCUT2D eigenvalue weighted by molar-refractivity contribution is -0.151. The molecule has 0 bridgehead atoms. The Bertz CT molecular complexity index is 610. The van der Waals surface area contributed by atoms with Crippen LogP contribution in [0.25, 0.3) is 10.8 Å². The van der Waals surface area contributed by atoms with Crippen molar-refractivity contribution in [2.45, 2.75) is 26.4 Å². The maximum atomic E-state index is 11.8. The van der Waals surface area contributed by atoms with Gasteiger partial charge in [0, 0.05) is 15.8 Å². The molecule has 1 atom stereocenters. The Kier molecular flexibility index (Phi) is 4.85. The summed E-state index contributed by atoms with van der Waals surface area (Å²) < 4.78 is 10.8. The van der Waals surface area contributed by atoms with Gasteiger partial charge in [0.25, 0.3) is 0 Å². The van der Waals surface area contributed by atoms with Crippen molar-refractivity contribution in [2.75, 3.05) is 6.61 Å². The van der Waals surface area contributed by atoms with Crippen molar-refractivity contribution in [3.63, 3.8) is 0 Å². The number of hydrogen-bond acceptors (Lipinski definition) is 3. The van der Waals surface area contributed by atoms with Crippen LogP contribution in [-0.2, 0) is 9.53 Å². The Morgan fingerprint density at radius 1 is 1.15 bits per heavy atom. The smallest absolute Gasteiger partial charge is 0.347 e. The highest BCUT2D eigenvalue weighted by Crippen LogP contribution is 2.32. The molecule has 0 amide bonds. The number of halogens is 1. The molecule has 0 N–H and O–H groups in total. The molecule has 2 aromatic rings. The molecule has 0 saturated carbocycles. The second-order valence-electron chi connectivity index (χ2n) is 4.36. The fourth-order valence-electron chi connectivity index (χ4n) is 2.02. The van der Waals surface area contributed by atoms with Crippen LogP contribution in [0.15, 0.2) is 36.4 Å². The van der Waals surface area contributed by atoms with Crippen LogP contribution in [0, 0.1) is 0 Å². The SMILES string of the molecule is CCOC(=O)C(CC)Oc1ccc(Cl)c2ccccc12. The first-order chi connectivity index (χ1) is 9.67. The predicted molar refractivity (Wildman–Crippen MR) is 80.3 cm³/mol. The van der Waals surface area contributed by atoms with Gasteiger partial charge < -0.3 is 9.47 Å². The van der Waals surface area contributed by atoms with E-state index in [-0.39, 0.29) is 5.97 Å². The number of carbonyl (C=O) groups excluding carboxylic acids is 1. The summed E-state index contributed by atoms with van der Waals surface area (Å²) in [6.07, 6.45) is -0.0463. The number of esters is 1. The summed E-state index contributed by atoms with van der Waals surface area (Å²) in [7, 11) is 0. The third kappa shape index (κ3) is 3.05. The van der Waals surface area contributed by atoms with Crippen molar-refractivity contribution >= 4 is 28.3 Å². The van der Waals surface area contributed by atoms with Crippen LogP contribution < -0.4 is 4.74 Å². The zero-order valence-corrected chi connectivity index (χ0v) is 12.3. The predicted octanol–water partition coefficient (Wildman–Crippen LogP) is 4.21. The molecular weight excluding hydrogens is 276 g/mol. The van der Waals surface area contributed by atoms with Gasteiger partial charge in [-0.1, -0.05) is 42.8 Å². The van der Waals surface area contributed by atoms with Gasteiger partial charge in [-0.05, 0) is 25.5 Å². The first-order valence-electron chi connectivity index (χ1n) is 6.67. The van der Waals surface area contributed by atoms with Crippen LogP contribution >= 0.6 is 11.6 Å². The molecule has 20 heavy (non-hydrogen) atoms. The number of fused-ring (bicyclic) bond motifs is 1. The quantitative estimate of drug-likeness (QED) is 0.774. The molecule has 0 aliphatic rings. The number of rotatable bonds is 5. The lowest BCUT2D eigenvalue weighted by Crippen LogP contribution is -2.28. The fourth-order valence-corrected chi connectivity index (χ4v) is 2.25. The molecule has 0 aliphatic heterocycles.